The first kappa shape index (κ1) is 16.2. The average Bonchev–Trinajstić information content (AvgIpc) is 2.53. The molecule has 0 spiro atoms. The van der Waals surface area contributed by atoms with Crippen LogP contribution in [-0.2, 0) is 9.53 Å². The number of carboxylic acids is 1. The van der Waals surface area contributed by atoms with Gasteiger partial charge in [0.15, 0.2) is 0 Å². The van der Waals surface area contributed by atoms with Crippen LogP contribution < -0.4 is 0 Å². The molecule has 0 fully saturated rings. The Morgan fingerprint density at radius 1 is 1.09 bits per heavy atom. The molecule has 2 aromatic rings. The maximum absolute atomic E-state index is 11.8. The Bertz CT molecular complexity index is 632. The Kier molecular flexibility index (Phi) is 4.99. The predicted molar refractivity (Wildman–Crippen MR) is 88.0 cm³/mol. The van der Waals surface area contributed by atoms with Gasteiger partial charge in [-0.3, -0.25) is 4.79 Å². The van der Waals surface area contributed by atoms with E-state index < -0.39 is 17.5 Å². The van der Waals surface area contributed by atoms with Gasteiger partial charge in [0.25, 0.3) is 0 Å². The quantitative estimate of drug-likeness (QED) is 0.863. The van der Waals surface area contributed by atoms with Crippen molar-refractivity contribution in [1.82, 2.24) is 0 Å². The smallest absolute Gasteiger partial charge is 0.311 e. The molecule has 1 atom stereocenters. The summed E-state index contributed by atoms with van der Waals surface area (Å²) in [5, 5.41) is 9.70. The zero-order valence-corrected chi connectivity index (χ0v) is 13.2. The molecule has 0 aliphatic rings. The lowest BCUT2D eigenvalue weighted by molar-refractivity contribution is -0.140. The Labute approximate surface area is 131 Å². The highest BCUT2D eigenvalue weighted by Gasteiger charge is 2.30. The highest BCUT2D eigenvalue weighted by molar-refractivity contribution is 5.81. The summed E-state index contributed by atoms with van der Waals surface area (Å²) in [4.78, 5) is 11.8. The zero-order chi connectivity index (χ0) is 16.2. The minimum absolute atomic E-state index is 0.419. The van der Waals surface area contributed by atoms with E-state index in [2.05, 4.69) is 0 Å². The number of carboxylic acid groups (broad SMARTS) is 1. The summed E-state index contributed by atoms with van der Waals surface area (Å²) < 4.78 is 5.42. The maximum atomic E-state index is 11.8. The second kappa shape index (κ2) is 6.75. The fourth-order valence-corrected chi connectivity index (χ4v) is 2.59. The fraction of sp³-hybridized carbons (Fsp3) is 0.316. The Morgan fingerprint density at radius 3 is 2.27 bits per heavy atom. The standard InChI is InChI=1S/C19H22O3/c1-19(2,22-3)13-17(18(20)21)16-12-8-7-11-15(16)14-9-5-4-6-10-14/h4-12,17H,13H2,1-3H3,(H,20,21). The number of methoxy groups -OCH3 is 1. The monoisotopic (exact) mass is 298 g/mol. The maximum Gasteiger partial charge on any atom is 0.311 e. The zero-order valence-electron chi connectivity index (χ0n) is 13.2. The Morgan fingerprint density at radius 2 is 1.68 bits per heavy atom. The van der Waals surface area contributed by atoms with Gasteiger partial charge >= 0.3 is 5.97 Å². The summed E-state index contributed by atoms with van der Waals surface area (Å²) >= 11 is 0. The third-order valence-corrected chi connectivity index (χ3v) is 3.97. The van der Waals surface area contributed by atoms with Crippen LogP contribution in [0.3, 0.4) is 0 Å². The van der Waals surface area contributed by atoms with E-state index in [-0.39, 0.29) is 0 Å². The summed E-state index contributed by atoms with van der Waals surface area (Å²) in [5.41, 5.74) is 2.32. The second-order valence-electron chi connectivity index (χ2n) is 6.01. The van der Waals surface area contributed by atoms with Crippen LogP contribution in [0.4, 0.5) is 0 Å². The molecule has 3 nitrogen and oxygen atoms in total. The first-order valence-corrected chi connectivity index (χ1v) is 7.37. The van der Waals surface area contributed by atoms with Crippen molar-refractivity contribution in [2.45, 2.75) is 31.8 Å². The van der Waals surface area contributed by atoms with Crippen molar-refractivity contribution < 1.29 is 14.6 Å². The number of carbonyl (C=O) groups is 1. The molecule has 0 amide bonds. The van der Waals surface area contributed by atoms with Crippen molar-refractivity contribution in [3.8, 4) is 11.1 Å². The Balaban J connectivity index is 2.47. The molecule has 0 aromatic heterocycles. The highest BCUT2D eigenvalue weighted by atomic mass is 16.5. The topological polar surface area (TPSA) is 46.5 Å². The summed E-state index contributed by atoms with van der Waals surface area (Å²) in [6, 6.07) is 17.6. The molecular weight excluding hydrogens is 276 g/mol. The van der Waals surface area contributed by atoms with Gasteiger partial charge in [0.1, 0.15) is 0 Å². The molecule has 22 heavy (non-hydrogen) atoms. The molecule has 3 heteroatoms. The van der Waals surface area contributed by atoms with E-state index >= 15 is 0 Å². The summed E-state index contributed by atoms with van der Waals surface area (Å²) in [5.74, 6) is -1.43. The highest BCUT2D eigenvalue weighted by Crippen LogP contribution is 2.34. The lowest BCUT2D eigenvalue weighted by Gasteiger charge is -2.27. The molecule has 0 aliphatic heterocycles. The van der Waals surface area contributed by atoms with Crippen molar-refractivity contribution in [2.24, 2.45) is 0 Å². The van der Waals surface area contributed by atoms with Crippen LogP contribution in [0, 0.1) is 0 Å². The van der Waals surface area contributed by atoms with Gasteiger partial charge in [-0.1, -0.05) is 54.6 Å². The van der Waals surface area contributed by atoms with Gasteiger partial charge in [-0.05, 0) is 37.0 Å². The molecule has 0 radical (unpaired) electrons. The summed E-state index contributed by atoms with van der Waals surface area (Å²) in [6.07, 6.45) is 0.419. The summed E-state index contributed by atoms with van der Waals surface area (Å²) in [6.45, 7) is 3.82. The lowest BCUT2D eigenvalue weighted by atomic mass is 9.84. The van der Waals surface area contributed by atoms with E-state index in [4.69, 9.17) is 4.74 Å². The molecule has 0 bridgehead atoms. The van der Waals surface area contributed by atoms with Gasteiger partial charge in [0, 0.05) is 7.11 Å². The number of ether oxygens (including phenoxy) is 1. The number of hydrogen-bond donors (Lipinski definition) is 1. The van der Waals surface area contributed by atoms with E-state index in [1.165, 1.54) is 0 Å². The first-order valence-electron chi connectivity index (χ1n) is 7.37. The van der Waals surface area contributed by atoms with Crippen molar-refractivity contribution in [1.29, 1.82) is 0 Å². The molecule has 0 aliphatic carbocycles. The molecule has 0 saturated carbocycles. The van der Waals surface area contributed by atoms with Gasteiger partial charge in [-0.25, -0.2) is 0 Å². The van der Waals surface area contributed by atoms with Gasteiger partial charge in [-0.2, -0.15) is 0 Å². The number of hydrogen-bond acceptors (Lipinski definition) is 2. The second-order valence-corrected chi connectivity index (χ2v) is 6.01. The van der Waals surface area contributed by atoms with Gasteiger partial charge in [0.05, 0.1) is 11.5 Å². The third-order valence-electron chi connectivity index (χ3n) is 3.97. The molecule has 2 rings (SSSR count). The molecule has 1 unspecified atom stereocenters. The van der Waals surface area contributed by atoms with Crippen molar-refractivity contribution in [3.05, 3.63) is 60.2 Å². The van der Waals surface area contributed by atoms with E-state index in [0.717, 1.165) is 16.7 Å². The minimum atomic E-state index is -0.825. The molecule has 2 aromatic carbocycles. The predicted octanol–water partition coefficient (Wildman–Crippen LogP) is 4.34. The van der Waals surface area contributed by atoms with Crippen molar-refractivity contribution in [3.63, 3.8) is 0 Å². The fourth-order valence-electron chi connectivity index (χ4n) is 2.59. The first-order chi connectivity index (χ1) is 10.4. The molecule has 0 saturated heterocycles. The van der Waals surface area contributed by atoms with E-state index in [0.29, 0.717) is 6.42 Å². The van der Waals surface area contributed by atoms with Gasteiger partial charge in [-0.15, -0.1) is 0 Å². The van der Waals surface area contributed by atoms with Crippen molar-refractivity contribution >= 4 is 5.97 Å². The molecule has 0 heterocycles. The van der Waals surface area contributed by atoms with Crippen LogP contribution in [0.25, 0.3) is 11.1 Å². The molecule has 1 N–H and O–H groups in total. The molecular formula is C19H22O3. The average molecular weight is 298 g/mol. The molecule has 116 valence electrons. The number of rotatable bonds is 6. The third kappa shape index (κ3) is 3.74. The van der Waals surface area contributed by atoms with Crippen LogP contribution >= 0.6 is 0 Å². The van der Waals surface area contributed by atoms with Gasteiger partial charge < -0.3 is 9.84 Å². The van der Waals surface area contributed by atoms with Crippen LogP contribution in [-0.4, -0.2) is 23.8 Å². The van der Waals surface area contributed by atoms with Crippen LogP contribution in [0.5, 0.6) is 0 Å². The number of aliphatic carboxylic acids is 1. The van der Waals surface area contributed by atoms with Crippen LogP contribution in [0.15, 0.2) is 54.6 Å². The van der Waals surface area contributed by atoms with E-state index in [1.54, 1.807) is 7.11 Å². The van der Waals surface area contributed by atoms with Crippen molar-refractivity contribution in [2.75, 3.05) is 7.11 Å². The van der Waals surface area contributed by atoms with Crippen LogP contribution in [0.2, 0.25) is 0 Å². The van der Waals surface area contributed by atoms with E-state index in [9.17, 15) is 9.90 Å². The van der Waals surface area contributed by atoms with E-state index in [1.807, 2.05) is 68.4 Å². The normalized spacial score (nSPS) is 12.9. The SMILES string of the molecule is COC(C)(C)CC(C(=O)O)c1ccccc1-c1ccccc1. The largest absolute Gasteiger partial charge is 0.481 e. The Hall–Kier alpha value is -2.13. The minimum Gasteiger partial charge on any atom is -0.481 e. The number of benzene rings is 2. The van der Waals surface area contributed by atoms with Crippen LogP contribution in [0.1, 0.15) is 31.7 Å². The lowest BCUT2D eigenvalue weighted by Crippen LogP contribution is -2.29. The van der Waals surface area contributed by atoms with Gasteiger partial charge in [0.2, 0.25) is 0 Å². The summed E-state index contributed by atoms with van der Waals surface area (Å²) in [7, 11) is 1.61.